The first-order valence-electron chi connectivity index (χ1n) is 4.71. The lowest BCUT2D eigenvalue weighted by Gasteiger charge is -2.10. The van der Waals surface area contributed by atoms with E-state index in [2.05, 4.69) is 0 Å². The van der Waals surface area contributed by atoms with Crippen molar-refractivity contribution in [1.82, 2.24) is 4.90 Å². The Morgan fingerprint density at radius 1 is 1.19 bits per heavy atom. The Hall–Kier alpha value is -1.63. The summed E-state index contributed by atoms with van der Waals surface area (Å²) in [7, 11) is 2.98. The Morgan fingerprint density at radius 3 is 2.00 bits per heavy atom. The molecule has 0 heterocycles. The largest absolute Gasteiger partial charge is 0.481 e. The van der Waals surface area contributed by atoms with Crippen LogP contribution in [-0.2, 0) is 14.4 Å². The Bertz CT molecular complexity index is 341. The molecule has 4 unspecified atom stereocenters. The molecule has 1 rings (SSSR count). The Labute approximate surface area is 91.8 Å². The number of amides is 1. The smallest absolute Gasteiger partial charge is 0.320 e. The van der Waals surface area contributed by atoms with Crippen LogP contribution < -0.4 is 5.73 Å². The molecule has 7 nitrogen and oxygen atoms in total. The Morgan fingerprint density at radius 2 is 1.69 bits per heavy atom. The summed E-state index contributed by atoms with van der Waals surface area (Å²) < 4.78 is 0. The molecule has 1 fully saturated rings. The van der Waals surface area contributed by atoms with Gasteiger partial charge in [-0.25, -0.2) is 0 Å². The first kappa shape index (κ1) is 12.4. The van der Waals surface area contributed by atoms with Crippen molar-refractivity contribution in [2.24, 2.45) is 23.5 Å². The summed E-state index contributed by atoms with van der Waals surface area (Å²) in [5.41, 5.74) is 5.34. The fourth-order valence-corrected chi connectivity index (χ4v) is 1.88. The maximum Gasteiger partial charge on any atom is 0.320 e. The zero-order valence-corrected chi connectivity index (χ0v) is 8.95. The lowest BCUT2D eigenvalue weighted by molar-refractivity contribution is -0.141. The standard InChI is InChI=1S/C9H14N2O5/c1-11(2)7(12)4-3(5(4)8(13)14)6(10)9(15)16/h3-6H,10H2,1-2H3,(H,13,14)(H,15,16). The average Bonchev–Trinajstić information content (AvgIpc) is 2.89. The topological polar surface area (TPSA) is 121 Å². The molecule has 4 atom stereocenters. The van der Waals surface area contributed by atoms with E-state index in [4.69, 9.17) is 15.9 Å². The van der Waals surface area contributed by atoms with E-state index in [1.807, 2.05) is 0 Å². The molecule has 0 aromatic carbocycles. The Kier molecular flexibility index (Phi) is 3.18. The van der Waals surface area contributed by atoms with Gasteiger partial charge in [0.15, 0.2) is 0 Å². The number of aliphatic carboxylic acids is 2. The van der Waals surface area contributed by atoms with Crippen molar-refractivity contribution in [3.05, 3.63) is 0 Å². The third-order valence-electron chi connectivity index (χ3n) is 2.79. The van der Waals surface area contributed by atoms with E-state index in [0.717, 1.165) is 0 Å². The quantitative estimate of drug-likeness (QED) is 0.536. The number of hydrogen-bond acceptors (Lipinski definition) is 4. The van der Waals surface area contributed by atoms with Crippen LogP contribution >= 0.6 is 0 Å². The van der Waals surface area contributed by atoms with Crippen LogP contribution in [-0.4, -0.2) is 53.1 Å². The monoisotopic (exact) mass is 230 g/mol. The van der Waals surface area contributed by atoms with Crippen molar-refractivity contribution in [1.29, 1.82) is 0 Å². The van der Waals surface area contributed by atoms with Gasteiger partial charge in [0.05, 0.1) is 11.8 Å². The SMILES string of the molecule is CN(C)C(=O)C1C(C(=O)O)C1C(N)C(=O)O. The second-order valence-electron chi connectivity index (χ2n) is 4.06. The van der Waals surface area contributed by atoms with Gasteiger partial charge >= 0.3 is 11.9 Å². The molecule has 0 aromatic rings. The number of nitrogens with zero attached hydrogens (tertiary/aromatic N) is 1. The normalized spacial score (nSPS) is 29.3. The Balaban J connectivity index is 2.83. The third kappa shape index (κ3) is 1.99. The minimum absolute atomic E-state index is 0.394. The minimum Gasteiger partial charge on any atom is -0.481 e. The number of carbonyl (C=O) groups excluding carboxylic acids is 1. The zero-order chi connectivity index (χ0) is 12.6. The van der Waals surface area contributed by atoms with Crippen molar-refractivity contribution < 1.29 is 24.6 Å². The van der Waals surface area contributed by atoms with E-state index < -0.39 is 41.6 Å². The van der Waals surface area contributed by atoms with Crippen LogP contribution in [0.4, 0.5) is 0 Å². The molecular weight excluding hydrogens is 216 g/mol. The second kappa shape index (κ2) is 4.09. The highest BCUT2D eigenvalue weighted by atomic mass is 16.4. The summed E-state index contributed by atoms with van der Waals surface area (Å²) in [6.45, 7) is 0. The molecule has 0 aromatic heterocycles. The minimum atomic E-state index is -1.31. The fourth-order valence-electron chi connectivity index (χ4n) is 1.88. The number of rotatable bonds is 4. The first-order valence-corrected chi connectivity index (χ1v) is 4.71. The average molecular weight is 230 g/mol. The van der Waals surface area contributed by atoms with Crippen molar-refractivity contribution in [2.75, 3.05) is 14.1 Å². The number of carbonyl (C=O) groups is 3. The van der Waals surface area contributed by atoms with Gasteiger partial charge in [-0.3, -0.25) is 14.4 Å². The molecule has 0 bridgehead atoms. The van der Waals surface area contributed by atoms with Crippen LogP contribution in [0.25, 0.3) is 0 Å². The van der Waals surface area contributed by atoms with Crippen molar-refractivity contribution in [2.45, 2.75) is 6.04 Å². The summed E-state index contributed by atoms with van der Waals surface area (Å²) in [4.78, 5) is 34.3. The van der Waals surface area contributed by atoms with Crippen LogP contribution in [0.3, 0.4) is 0 Å². The predicted molar refractivity (Wildman–Crippen MR) is 52.4 cm³/mol. The van der Waals surface area contributed by atoms with Crippen molar-refractivity contribution in [3.8, 4) is 0 Å². The van der Waals surface area contributed by atoms with Gasteiger partial charge in [0.2, 0.25) is 5.91 Å². The van der Waals surface area contributed by atoms with Gasteiger partial charge in [-0.1, -0.05) is 0 Å². The van der Waals surface area contributed by atoms with Gasteiger partial charge < -0.3 is 20.8 Å². The molecule has 0 radical (unpaired) electrons. The molecule has 1 aliphatic rings. The summed E-state index contributed by atoms with van der Waals surface area (Å²) in [5.74, 6) is -5.48. The molecule has 1 saturated carbocycles. The van der Waals surface area contributed by atoms with E-state index in [1.54, 1.807) is 0 Å². The van der Waals surface area contributed by atoms with E-state index in [-0.39, 0.29) is 0 Å². The van der Waals surface area contributed by atoms with E-state index >= 15 is 0 Å². The van der Waals surface area contributed by atoms with E-state index in [9.17, 15) is 14.4 Å². The van der Waals surface area contributed by atoms with Gasteiger partial charge in [0.1, 0.15) is 6.04 Å². The van der Waals surface area contributed by atoms with Crippen LogP contribution in [0, 0.1) is 17.8 Å². The van der Waals surface area contributed by atoms with Gasteiger partial charge in [-0.2, -0.15) is 0 Å². The lowest BCUT2D eigenvalue weighted by atomic mass is 10.1. The molecule has 90 valence electrons. The molecule has 16 heavy (non-hydrogen) atoms. The maximum absolute atomic E-state index is 11.6. The highest BCUT2D eigenvalue weighted by Crippen LogP contribution is 2.49. The molecular formula is C9H14N2O5. The van der Waals surface area contributed by atoms with Gasteiger partial charge in [0.25, 0.3) is 0 Å². The van der Waals surface area contributed by atoms with Gasteiger partial charge in [-0.05, 0) is 0 Å². The maximum atomic E-state index is 11.6. The predicted octanol–water partition coefficient (Wildman–Crippen LogP) is -1.57. The molecule has 4 N–H and O–H groups in total. The van der Waals surface area contributed by atoms with Crippen molar-refractivity contribution in [3.63, 3.8) is 0 Å². The van der Waals surface area contributed by atoms with E-state index in [1.165, 1.54) is 19.0 Å². The molecule has 1 aliphatic carbocycles. The van der Waals surface area contributed by atoms with Crippen LogP contribution in [0.5, 0.6) is 0 Å². The zero-order valence-electron chi connectivity index (χ0n) is 8.95. The van der Waals surface area contributed by atoms with Crippen LogP contribution in [0.1, 0.15) is 0 Å². The molecule has 7 heteroatoms. The molecule has 0 saturated heterocycles. The highest BCUT2D eigenvalue weighted by Gasteiger charge is 2.63. The van der Waals surface area contributed by atoms with E-state index in [0.29, 0.717) is 0 Å². The molecule has 0 spiro atoms. The fraction of sp³-hybridized carbons (Fsp3) is 0.667. The van der Waals surface area contributed by atoms with Crippen LogP contribution in [0.2, 0.25) is 0 Å². The number of carboxylic acids is 2. The van der Waals surface area contributed by atoms with Gasteiger partial charge in [0, 0.05) is 20.0 Å². The van der Waals surface area contributed by atoms with Crippen LogP contribution in [0.15, 0.2) is 0 Å². The lowest BCUT2D eigenvalue weighted by Crippen LogP contribution is -2.35. The summed E-state index contributed by atoms with van der Waals surface area (Å²) >= 11 is 0. The number of carboxylic acid groups (broad SMARTS) is 2. The summed E-state index contributed by atoms with van der Waals surface area (Å²) in [5, 5.41) is 17.5. The first-order chi connectivity index (χ1) is 7.29. The summed E-state index contributed by atoms with van der Waals surface area (Å²) in [6, 6.07) is -1.31. The molecule has 0 aliphatic heterocycles. The number of nitrogens with two attached hydrogens (primary N) is 1. The third-order valence-corrected chi connectivity index (χ3v) is 2.79. The summed E-state index contributed by atoms with van der Waals surface area (Å²) in [6.07, 6.45) is 0. The second-order valence-corrected chi connectivity index (χ2v) is 4.06. The highest BCUT2D eigenvalue weighted by molar-refractivity contribution is 5.92. The molecule has 1 amide bonds. The van der Waals surface area contributed by atoms with Crippen molar-refractivity contribution >= 4 is 17.8 Å². The number of hydrogen-bond donors (Lipinski definition) is 3. The van der Waals surface area contributed by atoms with Gasteiger partial charge in [-0.15, -0.1) is 0 Å².